The van der Waals surface area contributed by atoms with E-state index in [9.17, 15) is 5.26 Å². The van der Waals surface area contributed by atoms with Crippen LogP contribution < -0.4 is 10.6 Å². The maximum atomic E-state index is 9.69. The second kappa shape index (κ2) is 7.51. The van der Waals surface area contributed by atoms with Gasteiger partial charge in [-0.05, 0) is 18.2 Å². The van der Waals surface area contributed by atoms with Gasteiger partial charge in [-0.15, -0.1) is 0 Å². The lowest BCUT2D eigenvalue weighted by Crippen LogP contribution is -2.10. The minimum Gasteiger partial charge on any atom is -0.354 e. The van der Waals surface area contributed by atoms with Gasteiger partial charge in [0.15, 0.2) is 0 Å². The lowest BCUT2D eigenvalue weighted by molar-refractivity contribution is 0.813. The number of aromatic nitrogens is 4. The SMILES string of the molecule is Cn1cncc1CCNc1nccc(/C(C#N)=C2\Nc3ccccc3S2)n1. The number of fused-ring (bicyclic) bond motifs is 1. The highest BCUT2D eigenvalue weighted by Crippen LogP contribution is 2.43. The predicted molar refractivity (Wildman–Crippen MR) is 106 cm³/mol. The molecule has 2 aromatic heterocycles. The molecule has 7 nitrogen and oxygen atoms in total. The highest BCUT2D eigenvalue weighted by Gasteiger charge is 2.20. The van der Waals surface area contributed by atoms with Gasteiger partial charge in [0.1, 0.15) is 11.6 Å². The van der Waals surface area contributed by atoms with Crippen LogP contribution in [0.2, 0.25) is 0 Å². The average molecular weight is 375 g/mol. The number of thioether (sulfide) groups is 1. The summed E-state index contributed by atoms with van der Waals surface area (Å²) in [5, 5.41) is 17.0. The fraction of sp³-hybridized carbons (Fsp3) is 0.158. The van der Waals surface area contributed by atoms with Gasteiger partial charge < -0.3 is 15.2 Å². The standard InChI is InChI=1S/C19H17N7S/c1-26-12-21-11-13(26)6-8-22-19-23-9-7-15(25-19)14(10-20)18-24-16-4-2-3-5-17(16)27-18/h2-5,7,9,11-12,24H,6,8H2,1H3,(H,22,23,25)/b18-14+. The third-order valence-electron chi connectivity index (χ3n) is 4.18. The van der Waals surface area contributed by atoms with Gasteiger partial charge in [0.25, 0.3) is 0 Å². The van der Waals surface area contributed by atoms with Crippen LogP contribution in [0.5, 0.6) is 0 Å². The Bertz CT molecular complexity index is 1020. The molecule has 3 aromatic rings. The first kappa shape index (κ1) is 17.1. The van der Waals surface area contributed by atoms with Gasteiger partial charge in [0.05, 0.1) is 22.7 Å². The molecule has 0 aliphatic carbocycles. The number of hydrogen-bond acceptors (Lipinski definition) is 7. The van der Waals surface area contributed by atoms with E-state index in [1.54, 1.807) is 30.4 Å². The topological polar surface area (TPSA) is 91.5 Å². The summed E-state index contributed by atoms with van der Waals surface area (Å²) in [5.41, 5.74) is 3.24. The van der Waals surface area contributed by atoms with E-state index in [1.807, 2.05) is 42.1 Å². The maximum Gasteiger partial charge on any atom is 0.223 e. The number of benzene rings is 1. The Balaban J connectivity index is 1.50. The van der Waals surface area contributed by atoms with E-state index in [0.717, 1.165) is 27.7 Å². The van der Waals surface area contributed by atoms with Gasteiger partial charge in [-0.2, -0.15) is 5.26 Å². The van der Waals surface area contributed by atoms with Crippen molar-refractivity contribution in [1.82, 2.24) is 19.5 Å². The molecule has 0 atom stereocenters. The molecule has 0 radical (unpaired) electrons. The normalized spacial score (nSPS) is 14.2. The molecular weight excluding hydrogens is 358 g/mol. The molecule has 0 saturated heterocycles. The van der Waals surface area contributed by atoms with Crippen molar-refractivity contribution in [3.05, 3.63) is 65.5 Å². The zero-order valence-electron chi connectivity index (χ0n) is 14.7. The summed E-state index contributed by atoms with van der Waals surface area (Å²) in [6.45, 7) is 0.680. The summed E-state index contributed by atoms with van der Waals surface area (Å²) in [4.78, 5) is 14.0. The van der Waals surface area contributed by atoms with E-state index < -0.39 is 0 Å². The zero-order chi connectivity index (χ0) is 18.6. The van der Waals surface area contributed by atoms with Gasteiger partial charge >= 0.3 is 0 Å². The van der Waals surface area contributed by atoms with Crippen LogP contribution in [0.15, 0.2) is 59.0 Å². The fourth-order valence-corrected chi connectivity index (χ4v) is 3.77. The number of nitriles is 1. The largest absolute Gasteiger partial charge is 0.354 e. The number of allylic oxidation sites excluding steroid dienone is 1. The van der Waals surface area contributed by atoms with Crippen LogP contribution in [-0.4, -0.2) is 26.1 Å². The number of para-hydroxylation sites is 1. The number of anilines is 2. The predicted octanol–water partition coefficient (Wildman–Crippen LogP) is 3.27. The Morgan fingerprint density at radius 1 is 1.33 bits per heavy atom. The van der Waals surface area contributed by atoms with Crippen molar-refractivity contribution in [1.29, 1.82) is 5.26 Å². The lowest BCUT2D eigenvalue weighted by Gasteiger charge is -2.08. The summed E-state index contributed by atoms with van der Waals surface area (Å²) < 4.78 is 1.98. The molecule has 27 heavy (non-hydrogen) atoms. The third-order valence-corrected chi connectivity index (χ3v) is 5.26. The highest BCUT2D eigenvalue weighted by atomic mass is 32.2. The number of aryl methyl sites for hydroxylation is 1. The summed E-state index contributed by atoms with van der Waals surface area (Å²) in [6, 6.07) is 12.0. The van der Waals surface area contributed by atoms with Crippen LogP contribution in [-0.2, 0) is 13.5 Å². The number of nitrogens with one attached hydrogen (secondary N) is 2. The number of hydrogen-bond donors (Lipinski definition) is 2. The first-order valence-electron chi connectivity index (χ1n) is 8.45. The maximum absolute atomic E-state index is 9.69. The summed E-state index contributed by atoms with van der Waals surface area (Å²) in [7, 11) is 1.97. The van der Waals surface area contributed by atoms with Gasteiger partial charge in [-0.25, -0.2) is 15.0 Å². The lowest BCUT2D eigenvalue weighted by atomic mass is 10.2. The minimum absolute atomic E-state index is 0.503. The van der Waals surface area contributed by atoms with Crippen LogP contribution in [0, 0.1) is 11.3 Å². The molecule has 1 aromatic carbocycles. The van der Waals surface area contributed by atoms with Gasteiger partial charge in [0.2, 0.25) is 5.95 Å². The minimum atomic E-state index is 0.503. The molecule has 0 amide bonds. The van der Waals surface area contributed by atoms with Crippen LogP contribution in [0.4, 0.5) is 11.6 Å². The second-order valence-corrected chi connectivity index (χ2v) is 7.03. The average Bonchev–Trinajstić information content (AvgIpc) is 3.29. The number of nitrogens with zero attached hydrogens (tertiary/aromatic N) is 5. The van der Waals surface area contributed by atoms with E-state index in [1.165, 1.54) is 0 Å². The highest BCUT2D eigenvalue weighted by molar-refractivity contribution is 8.04. The van der Waals surface area contributed by atoms with E-state index in [2.05, 4.69) is 31.7 Å². The molecule has 0 saturated carbocycles. The molecule has 3 heterocycles. The van der Waals surface area contributed by atoms with Crippen molar-refractivity contribution in [3.63, 3.8) is 0 Å². The van der Waals surface area contributed by atoms with E-state index in [4.69, 9.17) is 0 Å². The molecule has 1 aliphatic heterocycles. The quantitative estimate of drug-likeness (QED) is 0.661. The Morgan fingerprint density at radius 3 is 3.00 bits per heavy atom. The molecule has 1 aliphatic rings. The molecular formula is C19H17N7S. The van der Waals surface area contributed by atoms with E-state index in [-0.39, 0.29) is 0 Å². The van der Waals surface area contributed by atoms with E-state index in [0.29, 0.717) is 23.8 Å². The van der Waals surface area contributed by atoms with Crippen LogP contribution in [0.1, 0.15) is 11.4 Å². The summed E-state index contributed by atoms with van der Waals surface area (Å²) >= 11 is 1.54. The van der Waals surface area contributed by atoms with Gasteiger partial charge in [0, 0.05) is 43.0 Å². The van der Waals surface area contributed by atoms with Crippen molar-refractivity contribution in [2.45, 2.75) is 11.3 Å². The Kier molecular flexibility index (Phi) is 4.77. The molecule has 8 heteroatoms. The molecule has 2 N–H and O–H groups in total. The van der Waals surface area contributed by atoms with Crippen molar-refractivity contribution in [3.8, 4) is 6.07 Å². The second-order valence-electron chi connectivity index (χ2n) is 5.98. The summed E-state index contributed by atoms with van der Waals surface area (Å²) in [6.07, 6.45) is 6.10. The van der Waals surface area contributed by atoms with Crippen molar-refractivity contribution < 1.29 is 0 Å². The van der Waals surface area contributed by atoms with Gasteiger partial charge in [-0.1, -0.05) is 23.9 Å². The Labute approximate surface area is 161 Å². The van der Waals surface area contributed by atoms with Crippen molar-refractivity contribution in [2.24, 2.45) is 7.05 Å². The molecule has 0 unspecified atom stereocenters. The molecule has 4 rings (SSSR count). The monoisotopic (exact) mass is 375 g/mol. The molecule has 0 spiro atoms. The molecule has 0 bridgehead atoms. The van der Waals surface area contributed by atoms with Crippen LogP contribution in [0.3, 0.4) is 0 Å². The van der Waals surface area contributed by atoms with Crippen LogP contribution in [0.25, 0.3) is 5.57 Å². The first-order chi connectivity index (χ1) is 13.2. The number of rotatable bonds is 5. The summed E-state index contributed by atoms with van der Waals surface area (Å²) in [5.74, 6) is 0.503. The molecule has 134 valence electrons. The van der Waals surface area contributed by atoms with E-state index >= 15 is 0 Å². The van der Waals surface area contributed by atoms with Gasteiger partial charge in [-0.3, -0.25) is 0 Å². The van der Waals surface area contributed by atoms with Crippen LogP contribution >= 0.6 is 11.8 Å². The molecule has 0 fully saturated rings. The Hall–Kier alpha value is -3.31. The smallest absolute Gasteiger partial charge is 0.223 e. The van der Waals surface area contributed by atoms with Crippen molar-refractivity contribution >= 4 is 29.0 Å². The Morgan fingerprint density at radius 2 is 2.22 bits per heavy atom. The zero-order valence-corrected chi connectivity index (χ0v) is 15.5. The number of imidazole rings is 1. The first-order valence-corrected chi connectivity index (χ1v) is 9.27. The van der Waals surface area contributed by atoms with Crippen molar-refractivity contribution in [2.75, 3.05) is 17.2 Å². The third kappa shape index (κ3) is 3.64. The fourth-order valence-electron chi connectivity index (χ4n) is 2.77.